The molecule has 8 nitrogen and oxygen atoms in total. The highest BCUT2D eigenvalue weighted by atomic mass is 35.5. The van der Waals surface area contributed by atoms with Gasteiger partial charge in [-0.3, -0.25) is 9.69 Å². The van der Waals surface area contributed by atoms with Crippen LogP contribution >= 0.6 is 11.6 Å². The predicted molar refractivity (Wildman–Crippen MR) is 138 cm³/mol. The topological polar surface area (TPSA) is 92.5 Å². The number of nitrogens with zero attached hydrogens (tertiary/aromatic N) is 4. The Bertz CT molecular complexity index is 1270. The fourth-order valence-corrected chi connectivity index (χ4v) is 6.13. The van der Waals surface area contributed by atoms with Crippen LogP contribution in [-0.4, -0.2) is 68.4 Å². The number of carbonyl (C=O) groups is 1. The molecular formula is C27H32ClN5O3. The van der Waals surface area contributed by atoms with Gasteiger partial charge in [0.1, 0.15) is 5.82 Å². The number of halogens is 1. The molecule has 1 amide bonds. The molecule has 2 aliphatic heterocycles. The second-order valence-corrected chi connectivity index (χ2v) is 11.3. The molecule has 0 radical (unpaired) electrons. The molecule has 6 rings (SSSR count). The van der Waals surface area contributed by atoms with Gasteiger partial charge in [-0.25, -0.2) is 9.97 Å². The van der Waals surface area contributed by atoms with Crippen LogP contribution in [0.4, 0.5) is 5.82 Å². The lowest BCUT2D eigenvalue weighted by molar-refractivity contribution is -0.121. The van der Waals surface area contributed by atoms with Crippen LogP contribution in [0.15, 0.2) is 43.1 Å². The highest BCUT2D eigenvalue weighted by Gasteiger charge is 2.50. The van der Waals surface area contributed by atoms with Crippen molar-refractivity contribution in [3.05, 3.63) is 53.7 Å². The maximum Gasteiger partial charge on any atom is 0.233 e. The van der Waals surface area contributed by atoms with Crippen LogP contribution < -0.4 is 5.32 Å². The van der Waals surface area contributed by atoms with Gasteiger partial charge >= 0.3 is 0 Å². The summed E-state index contributed by atoms with van der Waals surface area (Å²) < 4.78 is 7.50. The Hall–Kier alpha value is -2.52. The molecule has 2 aromatic heterocycles. The minimum atomic E-state index is -0.450. The van der Waals surface area contributed by atoms with E-state index in [0.29, 0.717) is 31.5 Å². The quantitative estimate of drug-likeness (QED) is 0.524. The van der Waals surface area contributed by atoms with Crippen LogP contribution in [0, 0.1) is 5.41 Å². The van der Waals surface area contributed by atoms with Crippen LogP contribution in [-0.2, 0) is 16.1 Å². The Morgan fingerprint density at radius 1 is 1.25 bits per heavy atom. The number of pyridine rings is 1. The number of ether oxygens (including phenoxy) is 1. The van der Waals surface area contributed by atoms with Gasteiger partial charge < -0.3 is 19.7 Å². The standard InChI is InChI=1S/C27H32ClN5O3/c1-26(16-36-14-23(26)34)33-7-2-18(3-8-33)21-10-19-12-24(30-13-20(19)11-22(21)28)31-25(35)27(4-5-27)15-32-9-6-29-17-32/h6,9-13,17-18,23,34H,2-5,7-8,14-16H2,1H3,(H,30,31,35). The number of rotatable bonds is 6. The predicted octanol–water partition coefficient (Wildman–Crippen LogP) is 3.83. The molecule has 9 heteroatoms. The summed E-state index contributed by atoms with van der Waals surface area (Å²) in [5.74, 6) is 0.921. The van der Waals surface area contributed by atoms with E-state index in [9.17, 15) is 9.90 Å². The summed E-state index contributed by atoms with van der Waals surface area (Å²) >= 11 is 6.73. The fraction of sp³-hybridized carbons (Fsp3) is 0.519. The lowest BCUT2D eigenvalue weighted by Gasteiger charge is -2.43. The van der Waals surface area contributed by atoms with E-state index < -0.39 is 6.10 Å². The molecule has 36 heavy (non-hydrogen) atoms. The third-order valence-corrected chi connectivity index (χ3v) is 8.83. The highest BCUT2D eigenvalue weighted by Crippen LogP contribution is 2.48. The zero-order chi connectivity index (χ0) is 24.9. The van der Waals surface area contributed by atoms with Crippen LogP contribution in [0.25, 0.3) is 10.8 Å². The number of aliphatic hydroxyl groups excluding tert-OH is 1. The third kappa shape index (κ3) is 4.30. The third-order valence-electron chi connectivity index (χ3n) is 8.50. The van der Waals surface area contributed by atoms with Crippen molar-refractivity contribution < 1.29 is 14.6 Å². The molecule has 1 saturated carbocycles. The van der Waals surface area contributed by atoms with Gasteiger partial charge in [-0.05, 0) is 80.8 Å². The summed E-state index contributed by atoms with van der Waals surface area (Å²) in [6.07, 6.45) is 10.4. The van der Waals surface area contributed by atoms with Gasteiger partial charge in [-0.1, -0.05) is 11.6 Å². The molecule has 1 aliphatic carbocycles. The number of fused-ring (bicyclic) bond motifs is 1. The van der Waals surface area contributed by atoms with E-state index in [-0.39, 0.29) is 16.9 Å². The van der Waals surface area contributed by atoms with Crippen LogP contribution in [0.3, 0.4) is 0 Å². The van der Waals surface area contributed by atoms with Crippen molar-refractivity contribution in [1.82, 2.24) is 19.4 Å². The highest BCUT2D eigenvalue weighted by molar-refractivity contribution is 6.32. The number of hydrogen-bond donors (Lipinski definition) is 2. The zero-order valence-electron chi connectivity index (χ0n) is 20.5. The fourth-order valence-electron chi connectivity index (χ4n) is 5.81. The van der Waals surface area contributed by atoms with E-state index in [1.165, 1.54) is 0 Å². The Morgan fingerprint density at radius 2 is 2.06 bits per heavy atom. The molecule has 190 valence electrons. The number of amides is 1. The lowest BCUT2D eigenvalue weighted by atomic mass is 9.85. The van der Waals surface area contributed by atoms with E-state index >= 15 is 0 Å². The molecule has 0 bridgehead atoms. The van der Waals surface area contributed by atoms with Crippen molar-refractivity contribution in [1.29, 1.82) is 0 Å². The molecule has 2 unspecified atom stereocenters. The minimum Gasteiger partial charge on any atom is -0.389 e. The van der Waals surface area contributed by atoms with Crippen molar-refractivity contribution in [2.24, 2.45) is 5.41 Å². The van der Waals surface area contributed by atoms with Crippen molar-refractivity contribution in [3.63, 3.8) is 0 Å². The van der Waals surface area contributed by atoms with Gasteiger partial charge in [0.15, 0.2) is 0 Å². The SMILES string of the molecule is CC1(N2CCC(c3cc4cc(NC(=O)C5(Cn6ccnc6)CC5)ncc4cc3Cl)CC2)COCC1O. The van der Waals surface area contributed by atoms with Gasteiger partial charge in [-0.15, -0.1) is 0 Å². The maximum atomic E-state index is 13.1. The number of carbonyl (C=O) groups excluding carboxylic acids is 1. The number of aliphatic hydroxyl groups is 1. The summed E-state index contributed by atoms with van der Waals surface area (Å²) in [6, 6.07) is 6.08. The second-order valence-electron chi connectivity index (χ2n) is 10.9. The van der Waals surface area contributed by atoms with Gasteiger partial charge in [0.2, 0.25) is 5.91 Å². The molecule has 0 spiro atoms. The molecule has 3 aromatic rings. The number of hydrogen-bond acceptors (Lipinski definition) is 6. The normalized spacial score (nSPS) is 26.4. The summed E-state index contributed by atoms with van der Waals surface area (Å²) in [5.41, 5.74) is 0.443. The molecule has 2 N–H and O–H groups in total. The Balaban J connectivity index is 1.17. The molecule has 3 fully saturated rings. The number of benzene rings is 1. The van der Waals surface area contributed by atoms with Crippen molar-refractivity contribution in [2.75, 3.05) is 31.6 Å². The van der Waals surface area contributed by atoms with Crippen LogP contribution in [0.5, 0.6) is 0 Å². The van der Waals surface area contributed by atoms with E-state index in [0.717, 1.165) is 60.1 Å². The zero-order valence-corrected chi connectivity index (χ0v) is 21.2. The summed E-state index contributed by atoms with van der Waals surface area (Å²) in [7, 11) is 0. The molecule has 1 aromatic carbocycles. The van der Waals surface area contributed by atoms with Crippen molar-refractivity contribution in [2.45, 2.75) is 56.7 Å². The first-order valence-electron chi connectivity index (χ1n) is 12.7. The van der Waals surface area contributed by atoms with Gasteiger partial charge in [0.25, 0.3) is 0 Å². The van der Waals surface area contributed by atoms with E-state index in [4.69, 9.17) is 16.3 Å². The van der Waals surface area contributed by atoms with Gasteiger partial charge in [-0.2, -0.15) is 0 Å². The summed E-state index contributed by atoms with van der Waals surface area (Å²) in [5, 5.41) is 16.2. The second kappa shape index (κ2) is 9.10. The summed E-state index contributed by atoms with van der Waals surface area (Å²) in [4.78, 5) is 24.0. The van der Waals surface area contributed by atoms with Crippen molar-refractivity contribution >= 4 is 34.1 Å². The minimum absolute atomic E-state index is 0.0104. The van der Waals surface area contributed by atoms with E-state index in [1.54, 1.807) is 18.7 Å². The first-order valence-corrected chi connectivity index (χ1v) is 13.1. The average Bonchev–Trinajstić information content (AvgIpc) is 3.32. The molecule has 2 atom stereocenters. The first kappa shape index (κ1) is 23.9. The molecule has 3 aliphatic rings. The molecule has 4 heterocycles. The maximum absolute atomic E-state index is 13.1. The smallest absolute Gasteiger partial charge is 0.233 e. The van der Waals surface area contributed by atoms with Gasteiger partial charge in [0.05, 0.1) is 36.6 Å². The monoisotopic (exact) mass is 509 g/mol. The first-order chi connectivity index (χ1) is 17.4. The number of imidazole rings is 1. The van der Waals surface area contributed by atoms with Gasteiger partial charge in [0, 0.05) is 35.5 Å². The number of aromatic nitrogens is 3. The van der Waals surface area contributed by atoms with Crippen molar-refractivity contribution in [3.8, 4) is 0 Å². The Labute approximate surface area is 215 Å². The van der Waals surface area contributed by atoms with Crippen LogP contribution in [0.2, 0.25) is 5.02 Å². The number of likely N-dealkylation sites (tertiary alicyclic amines) is 1. The van der Waals surface area contributed by atoms with E-state index in [2.05, 4.69) is 33.2 Å². The number of nitrogens with one attached hydrogen (secondary N) is 1. The molecular weight excluding hydrogens is 478 g/mol. The summed E-state index contributed by atoms with van der Waals surface area (Å²) in [6.45, 7) is 5.50. The number of piperidine rings is 1. The lowest BCUT2D eigenvalue weighted by Crippen LogP contribution is -2.56. The number of anilines is 1. The average molecular weight is 510 g/mol. The Morgan fingerprint density at radius 3 is 2.72 bits per heavy atom. The molecule has 2 saturated heterocycles. The largest absolute Gasteiger partial charge is 0.389 e. The van der Waals surface area contributed by atoms with Crippen LogP contribution in [0.1, 0.15) is 44.1 Å². The van der Waals surface area contributed by atoms with E-state index in [1.807, 2.05) is 22.9 Å². The Kier molecular flexibility index (Phi) is 6.03.